The lowest BCUT2D eigenvalue weighted by Gasteiger charge is -2.44. The number of nitrogens with zero attached hydrogens (tertiary/aromatic N) is 3. The van der Waals surface area contributed by atoms with Crippen molar-refractivity contribution in [3.63, 3.8) is 0 Å². The van der Waals surface area contributed by atoms with E-state index < -0.39 is 0 Å². The van der Waals surface area contributed by atoms with Crippen molar-refractivity contribution in [2.24, 2.45) is 5.92 Å². The monoisotopic (exact) mass is 396 g/mol. The molecule has 0 bridgehead atoms. The zero-order chi connectivity index (χ0) is 19.5. The number of hydrogen-bond acceptors (Lipinski definition) is 4. The lowest BCUT2D eigenvalue weighted by Crippen LogP contribution is -2.52. The van der Waals surface area contributed by atoms with Gasteiger partial charge in [0, 0.05) is 33.4 Å². The number of piperidine rings is 1. The highest BCUT2D eigenvalue weighted by molar-refractivity contribution is 6.30. The molecule has 1 aromatic heterocycles. The molecule has 0 amide bonds. The molecule has 28 heavy (non-hydrogen) atoms. The summed E-state index contributed by atoms with van der Waals surface area (Å²) in [6, 6.07) is 6.87. The Hall–Kier alpha value is -1.65. The Balaban J connectivity index is 1.76. The standard InChI is InChI=1S/C23H29ClN4/c1-14(2)21-23(8-10-25-11-9-23)17-12-16(24)5-7-19(17)28(21)22-20-15(3)4-6-18(20)26-13-27-22/h5,7,12-15,21,25H,4,6,8-11H2,1-3H3/t15-,21-/m1/s1. The smallest absolute Gasteiger partial charge is 0.140 e. The van der Waals surface area contributed by atoms with E-state index in [2.05, 4.69) is 48.1 Å². The van der Waals surface area contributed by atoms with Crippen LogP contribution in [0.5, 0.6) is 0 Å². The minimum atomic E-state index is 0.124. The third kappa shape index (κ3) is 2.54. The molecule has 4 nitrogen and oxygen atoms in total. The van der Waals surface area contributed by atoms with Crippen LogP contribution >= 0.6 is 11.6 Å². The summed E-state index contributed by atoms with van der Waals surface area (Å²) in [5.74, 6) is 2.15. The van der Waals surface area contributed by atoms with Gasteiger partial charge in [0.2, 0.25) is 0 Å². The summed E-state index contributed by atoms with van der Waals surface area (Å²) >= 11 is 6.50. The minimum Gasteiger partial charge on any atom is -0.322 e. The Morgan fingerprint density at radius 2 is 2.00 bits per heavy atom. The molecular weight excluding hydrogens is 368 g/mol. The highest BCUT2D eigenvalue weighted by Gasteiger charge is 2.53. The van der Waals surface area contributed by atoms with E-state index in [1.54, 1.807) is 6.33 Å². The number of aromatic nitrogens is 2. The molecule has 1 N–H and O–H groups in total. The van der Waals surface area contributed by atoms with Crippen LogP contribution in [0.4, 0.5) is 11.5 Å². The van der Waals surface area contributed by atoms with Gasteiger partial charge in [0.15, 0.2) is 0 Å². The van der Waals surface area contributed by atoms with E-state index >= 15 is 0 Å². The highest BCUT2D eigenvalue weighted by atomic mass is 35.5. The largest absolute Gasteiger partial charge is 0.322 e. The molecule has 2 aliphatic heterocycles. The van der Waals surface area contributed by atoms with E-state index in [1.807, 2.05) is 6.07 Å². The van der Waals surface area contributed by atoms with E-state index in [4.69, 9.17) is 16.6 Å². The van der Waals surface area contributed by atoms with E-state index in [9.17, 15) is 0 Å². The van der Waals surface area contributed by atoms with Gasteiger partial charge in [-0.05, 0) is 74.4 Å². The maximum atomic E-state index is 6.50. The van der Waals surface area contributed by atoms with Crippen molar-refractivity contribution in [3.05, 3.63) is 46.4 Å². The first-order valence-electron chi connectivity index (χ1n) is 10.7. The molecule has 0 saturated carbocycles. The predicted octanol–water partition coefficient (Wildman–Crippen LogP) is 4.98. The minimum absolute atomic E-state index is 0.124. The fraction of sp³-hybridized carbons (Fsp3) is 0.565. The van der Waals surface area contributed by atoms with Crippen LogP contribution in [0, 0.1) is 5.92 Å². The van der Waals surface area contributed by atoms with Gasteiger partial charge in [-0.1, -0.05) is 32.4 Å². The van der Waals surface area contributed by atoms with Crippen molar-refractivity contribution < 1.29 is 0 Å². The van der Waals surface area contributed by atoms with Crippen molar-refractivity contribution >= 4 is 23.1 Å². The first-order chi connectivity index (χ1) is 13.5. The van der Waals surface area contributed by atoms with Crippen LogP contribution in [0.1, 0.15) is 62.8 Å². The van der Waals surface area contributed by atoms with Crippen molar-refractivity contribution in [3.8, 4) is 0 Å². The maximum Gasteiger partial charge on any atom is 0.140 e. The number of rotatable bonds is 2. The Labute approximate surface area is 172 Å². The number of benzene rings is 1. The van der Waals surface area contributed by atoms with E-state index in [0.29, 0.717) is 17.9 Å². The number of nitrogens with one attached hydrogen (secondary N) is 1. The van der Waals surface area contributed by atoms with E-state index in [1.165, 1.54) is 28.9 Å². The summed E-state index contributed by atoms with van der Waals surface area (Å²) < 4.78 is 0. The second-order valence-electron chi connectivity index (χ2n) is 9.12. The van der Waals surface area contributed by atoms with Crippen molar-refractivity contribution in [1.82, 2.24) is 15.3 Å². The van der Waals surface area contributed by atoms with Crippen molar-refractivity contribution in [1.29, 1.82) is 0 Å². The van der Waals surface area contributed by atoms with Crippen LogP contribution in [0.3, 0.4) is 0 Å². The van der Waals surface area contributed by atoms with Gasteiger partial charge in [0.05, 0.1) is 0 Å². The van der Waals surface area contributed by atoms with Crippen LogP contribution < -0.4 is 10.2 Å². The molecule has 5 heteroatoms. The zero-order valence-corrected chi connectivity index (χ0v) is 17.8. The van der Waals surface area contributed by atoms with Crippen molar-refractivity contribution in [2.75, 3.05) is 18.0 Å². The molecule has 1 fully saturated rings. The average Bonchev–Trinajstić information content (AvgIpc) is 3.19. The predicted molar refractivity (Wildman–Crippen MR) is 115 cm³/mol. The molecule has 0 radical (unpaired) electrons. The van der Waals surface area contributed by atoms with Crippen molar-refractivity contribution in [2.45, 2.75) is 63.8 Å². The van der Waals surface area contributed by atoms with Crippen LogP contribution in [0.2, 0.25) is 5.02 Å². The average molecular weight is 397 g/mol. The Morgan fingerprint density at radius 3 is 2.75 bits per heavy atom. The Bertz CT molecular complexity index is 903. The third-order valence-corrected chi connectivity index (χ3v) is 7.44. The van der Waals surface area contributed by atoms with Crippen LogP contribution in [-0.4, -0.2) is 29.1 Å². The molecular formula is C23H29ClN4. The molecule has 1 aliphatic carbocycles. The van der Waals surface area contributed by atoms with Gasteiger partial charge in [-0.3, -0.25) is 0 Å². The number of halogens is 1. The SMILES string of the molecule is CC(C)[C@H]1N(c2ncnc3c2[C@H](C)CC3)c2ccc(Cl)cc2C12CCNCC2. The maximum absolute atomic E-state index is 6.50. The molecule has 1 saturated heterocycles. The molecule has 1 aromatic carbocycles. The summed E-state index contributed by atoms with van der Waals surface area (Å²) in [6.07, 6.45) is 6.29. The molecule has 148 valence electrons. The Kier molecular flexibility index (Phi) is 4.40. The van der Waals surface area contributed by atoms with E-state index in [0.717, 1.165) is 43.2 Å². The lowest BCUT2D eigenvalue weighted by atomic mass is 9.67. The number of hydrogen-bond donors (Lipinski definition) is 1. The first kappa shape index (κ1) is 18.4. The molecule has 3 heterocycles. The van der Waals surface area contributed by atoms with Crippen LogP contribution in [0.25, 0.3) is 0 Å². The molecule has 2 atom stereocenters. The molecule has 3 aliphatic rings. The number of fused-ring (bicyclic) bond motifs is 3. The molecule has 5 rings (SSSR count). The zero-order valence-electron chi connectivity index (χ0n) is 17.0. The van der Waals surface area contributed by atoms with Gasteiger partial charge in [0.1, 0.15) is 12.1 Å². The van der Waals surface area contributed by atoms with Crippen LogP contribution in [-0.2, 0) is 11.8 Å². The van der Waals surface area contributed by atoms with Gasteiger partial charge in [0.25, 0.3) is 0 Å². The first-order valence-corrected chi connectivity index (χ1v) is 11.0. The number of anilines is 2. The molecule has 1 spiro atoms. The van der Waals surface area contributed by atoms with Crippen LogP contribution in [0.15, 0.2) is 24.5 Å². The second-order valence-corrected chi connectivity index (χ2v) is 9.56. The van der Waals surface area contributed by atoms with Gasteiger partial charge >= 0.3 is 0 Å². The van der Waals surface area contributed by atoms with E-state index in [-0.39, 0.29) is 5.41 Å². The second kappa shape index (κ2) is 6.70. The van der Waals surface area contributed by atoms with Gasteiger partial charge in [-0.15, -0.1) is 0 Å². The lowest BCUT2D eigenvalue weighted by molar-refractivity contribution is 0.232. The normalized spacial score (nSPS) is 25.4. The van der Waals surface area contributed by atoms with Gasteiger partial charge < -0.3 is 10.2 Å². The highest BCUT2D eigenvalue weighted by Crippen LogP contribution is 2.56. The summed E-state index contributed by atoms with van der Waals surface area (Å²) in [5, 5.41) is 4.40. The number of aryl methyl sites for hydroxylation is 1. The topological polar surface area (TPSA) is 41.1 Å². The van der Waals surface area contributed by atoms with Gasteiger partial charge in [-0.25, -0.2) is 9.97 Å². The summed E-state index contributed by atoms with van der Waals surface area (Å²) in [7, 11) is 0. The summed E-state index contributed by atoms with van der Waals surface area (Å²) in [6.45, 7) is 9.16. The van der Waals surface area contributed by atoms with Gasteiger partial charge in [-0.2, -0.15) is 0 Å². The fourth-order valence-corrected chi connectivity index (χ4v) is 6.28. The summed E-state index contributed by atoms with van der Waals surface area (Å²) in [5.41, 5.74) is 5.43. The molecule has 0 unspecified atom stereocenters. The Morgan fingerprint density at radius 1 is 1.21 bits per heavy atom. The fourth-order valence-electron chi connectivity index (χ4n) is 6.11. The quantitative estimate of drug-likeness (QED) is 0.777. The molecule has 2 aromatic rings. The third-order valence-electron chi connectivity index (χ3n) is 7.21. The summed E-state index contributed by atoms with van der Waals surface area (Å²) in [4.78, 5) is 12.1.